The van der Waals surface area contributed by atoms with Crippen LogP contribution in [-0.4, -0.2) is 19.0 Å². The molecule has 0 bridgehead atoms. The Morgan fingerprint density at radius 3 is 2.35 bits per heavy atom. The summed E-state index contributed by atoms with van der Waals surface area (Å²) in [5.41, 5.74) is 2.55. The van der Waals surface area contributed by atoms with E-state index < -0.39 is 0 Å². The molecule has 130 valence electrons. The van der Waals surface area contributed by atoms with Gasteiger partial charge in [-0.25, -0.2) is 0 Å². The van der Waals surface area contributed by atoms with E-state index in [1.807, 2.05) is 0 Å². The summed E-state index contributed by atoms with van der Waals surface area (Å²) in [6.45, 7) is 8.63. The minimum atomic E-state index is 0. The van der Waals surface area contributed by atoms with Crippen LogP contribution in [0, 0.1) is 11.8 Å². The van der Waals surface area contributed by atoms with Crippen molar-refractivity contribution in [3.05, 3.63) is 35.4 Å². The molecule has 1 atom stereocenters. The lowest BCUT2D eigenvalue weighted by atomic mass is 9.94. The van der Waals surface area contributed by atoms with Crippen molar-refractivity contribution in [2.45, 2.75) is 52.5 Å². The summed E-state index contributed by atoms with van der Waals surface area (Å²) in [5, 5.41) is 6.49. The van der Waals surface area contributed by atoms with Crippen molar-refractivity contribution in [1.29, 1.82) is 0 Å². The molecule has 0 aliphatic carbocycles. The number of rotatable bonds is 6. The molecule has 1 amide bonds. The van der Waals surface area contributed by atoms with Gasteiger partial charge in [0.25, 0.3) is 0 Å². The Hall–Kier alpha value is -1.06. The molecular formula is C19H31ClN2O. The second-order valence-electron chi connectivity index (χ2n) is 7.03. The van der Waals surface area contributed by atoms with E-state index in [9.17, 15) is 4.79 Å². The molecule has 1 unspecified atom stereocenters. The first-order chi connectivity index (χ1) is 10.5. The van der Waals surface area contributed by atoms with Crippen molar-refractivity contribution in [1.82, 2.24) is 10.6 Å². The highest BCUT2D eigenvalue weighted by atomic mass is 35.5. The van der Waals surface area contributed by atoms with Gasteiger partial charge in [0.1, 0.15) is 0 Å². The molecule has 2 N–H and O–H groups in total. The molecule has 4 heteroatoms. The van der Waals surface area contributed by atoms with Crippen LogP contribution in [-0.2, 0) is 11.2 Å². The molecule has 0 radical (unpaired) electrons. The Bertz CT molecular complexity index is 467. The van der Waals surface area contributed by atoms with Gasteiger partial charge in [0.2, 0.25) is 5.91 Å². The molecule has 3 nitrogen and oxygen atoms in total. The third-order valence-corrected chi connectivity index (χ3v) is 4.43. The largest absolute Gasteiger partial charge is 0.350 e. The van der Waals surface area contributed by atoms with E-state index in [-0.39, 0.29) is 24.4 Å². The minimum Gasteiger partial charge on any atom is -0.350 e. The van der Waals surface area contributed by atoms with Crippen LogP contribution in [0.25, 0.3) is 0 Å². The lowest BCUT2D eigenvalue weighted by molar-refractivity contribution is -0.122. The molecule has 0 spiro atoms. The molecule has 1 fully saturated rings. The molecule has 2 rings (SSSR count). The van der Waals surface area contributed by atoms with Crippen LogP contribution in [0.4, 0.5) is 0 Å². The molecule has 1 aromatic rings. The fourth-order valence-corrected chi connectivity index (χ4v) is 3.15. The Balaban J connectivity index is 0.00000264. The molecule has 1 aliphatic rings. The first-order valence-corrected chi connectivity index (χ1v) is 8.63. The molecule has 23 heavy (non-hydrogen) atoms. The van der Waals surface area contributed by atoms with E-state index >= 15 is 0 Å². The Morgan fingerprint density at radius 2 is 1.78 bits per heavy atom. The predicted octanol–water partition coefficient (Wildman–Crippen LogP) is 3.87. The maximum atomic E-state index is 12.2. The number of nitrogens with one attached hydrogen (secondary N) is 2. The van der Waals surface area contributed by atoms with Crippen molar-refractivity contribution in [3.8, 4) is 0 Å². The fourth-order valence-electron chi connectivity index (χ4n) is 3.15. The summed E-state index contributed by atoms with van der Waals surface area (Å²) < 4.78 is 0. The molecule has 1 aromatic carbocycles. The van der Waals surface area contributed by atoms with Gasteiger partial charge in [-0.1, -0.05) is 38.1 Å². The van der Waals surface area contributed by atoms with E-state index in [0.717, 1.165) is 32.4 Å². The Kier molecular flexibility index (Phi) is 8.64. The number of piperidine rings is 1. The van der Waals surface area contributed by atoms with Crippen LogP contribution in [0.2, 0.25) is 0 Å². The van der Waals surface area contributed by atoms with E-state index in [4.69, 9.17) is 0 Å². The fraction of sp³-hybridized carbons (Fsp3) is 0.632. The van der Waals surface area contributed by atoms with Gasteiger partial charge in [0.15, 0.2) is 0 Å². The smallest absolute Gasteiger partial charge is 0.220 e. The summed E-state index contributed by atoms with van der Waals surface area (Å²) >= 11 is 0. The number of halogens is 1. The van der Waals surface area contributed by atoms with Gasteiger partial charge in [0.05, 0.1) is 6.04 Å². The Labute approximate surface area is 147 Å². The van der Waals surface area contributed by atoms with E-state index in [1.54, 1.807) is 0 Å². The van der Waals surface area contributed by atoms with Crippen LogP contribution in [0.5, 0.6) is 0 Å². The highest BCUT2D eigenvalue weighted by molar-refractivity contribution is 5.85. The molecule has 0 aromatic heterocycles. The predicted molar refractivity (Wildman–Crippen MR) is 99.0 cm³/mol. The first kappa shape index (κ1) is 20.0. The zero-order valence-corrected chi connectivity index (χ0v) is 15.4. The van der Waals surface area contributed by atoms with Gasteiger partial charge in [-0.15, -0.1) is 12.4 Å². The number of amides is 1. The molecular weight excluding hydrogens is 308 g/mol. The van der Waals surface area contributed by atoms with E-state index in [2.05, 4.69) is 55.7 Å². The standard InChI is InChI=1S/C19H30N2O.ClH/c1-14(2)12-16-4-6-18(7-5-16)15(3)21-19(22)13-17-8-10-20-11-9-17;/h4-7,14-15,17,20H,8-13H2,1-3H3,(H,21,22);1H. The maximum Gasteiger partial charge on any atom is 0.220 e. The van der Waals surface area contributed by atoms with Gasteiger partial charge in [-0.2, -0.15) is 0 Å². The summed E-state index contributed by atoms with van der Waals surface area (Å²) in [6.07, 6.45) is 4.01. The van der Waals surface area contributed by atoms with Gasteiger partial charge in [-0.3, -0.25) is 4.79 Å². The lowest BCUT2D eigenvalue weighted by Gasteiger charge is -2.23. The number of hydrogen-bond donors (Lipinski definition) is 2. The summed E-state index contributed by atoms with van der Waals surface area (Å²) in [6, 6.07) is 8.75. The maximum absolute atomic E-state index is 12.2. The van der Waals surface area contributed by atoms with Crippen molar-refractivity contribution in [3.63, 3.8) is 0 Å². The van der Waals surface area contributed by atoms with Crippen molar-refractivity contribution >= 4 is 18.3 Å². The molecule has 0 saturated carbocycles. The lowest BCUT2D eigenvalue weighted by Crippen LogP contribution is -2.33. The normalized spacial score (nSPS) is 16.7. The van der Waals surface area contributed by atoms with Crippen molar-refractivity contribution < 1.29 is 4.79 Å². The average molecular weight is 339 g/mol. The third kappa shape index (κ3) is 6.92. The number of carbonyl (C=O) groups is 1. The highest BCUT2D eigenvalue weighted by Gasteiger charge is 2.18. The van der Waals surface area contributed by atoms with E-state index in [1.165, 1.54) is 11.1 Å². The number of benzene rings is 1. The topological polar surface area (TPSA) is 41.1 Å². The van der Waals surface area contributed by atoms with Crippen LogP contribution >= 0.6 is 12.4 Å². The summed E-state index contributed by atoms with van der Waals surface area (Å²) in [5.74, 6) is 1.40. The monoisotopic (exact) mass is 338 g/mol. The number of hydrogen-bond acceptors (Lipinski definition) is 2. The van der Waals surface area contributed by atoms with Crippen molar-refractivity contribution in [2.24, 2.45) is 11.8 Å². The second kappa shape index (κ2) is 9.94. The van der Waals surface area contributed by atoms with Crippen LogP contribution in [0.1, 0.15) is 57.2 Å². The minimum absolute atomic E-state index is 0. The first-order valence-electron chi connectivity index (χ1n) is 8.63. The summed E-state index contributed by atoms with van der Waals surface area (Å²) in [7, 11) is 0. The highest BCUT2D eigenvalue weighted by Crippen LogP contribution is 2.18. The SMILES string of the molecule is CC(C)Cc1ccc(C(C)NC(=O)CC2CCNCC2)cc1.Cl. The van der Waals surface area contributed by atoms with E-state index in [0.29, 0.717) is 18.3 Å². The van der Waals surface area contributed by atoms with Crippen LogP contribution in [0.3, 0.4) is 0 Å². The number of carbonyl (C=O) groups excluding carboxylic acids is 1. The van der Waals surface area contributed by atoms with Crippen molar-refractivity contribution in [2.75, 3.05) is 13.1 Å². The molecule has 1 aliphatic heterocycles. The quantitative estimate of drug-likeness (QED) is 0.826. The molecule has 1 heterocycles. The van der Waals surface area contributed by atoms with Crippen LogP contribution in [0.15, 0.2) is 24.3 Å². The van der Waals surface area contributed by atoms with Gasteiger partial charge in [-0.05, 0) is 62.2 Å². The zero-order chi connectivity index (χ0) is 15.9. The van der Waals surface area contributed by atoms with Gasteiger partial charge in [0, 0.05) is 6.42 Å². The van der Waals surface area contributed by atoms with Gasteiger partial charge < -0.3 is 10.6 Å². The van der Waals surface area contributed by atoms with Crippen LogP contribution < -0.4 is 10.6 Å². The molecule has 1 saturated heterocycles. The second-order valence-corrected chi connectivity index (χ2v) is 7.03. The zero-order valence-electron chi connectivity index (χ0n) is 14.6. The Morgan fingerprint density at radius 1 is 1.17 bits per heavy atom. The van der Waals surface area contributed by atoms with Gasteiger partial charge >= 0.3 is 0 Å². The average Bonchev–Trinajstić information content (AvgIpc) is 2.48. The third-order valence-electron chi connectivity index (χ3n) is 4.43. The summed E-state index contributed by atoms with van der Waals surface area (Å²) in [4.78, 5) is 12.2.